The molecule has 0 unspecified atom stereocenters. The second kappa shape index (κ2) is 15.2. The largest absolute Gasteiger partial charge is 0.462 e. The van der Waals surface area contributed by atoms with Crippen LogP contribution >= 0.6 is 0 Å². The maximum absolute atomic E-state index is 14.8. The number of carbonyl (C=O) groups excluding carboxylic acids is 2. The van der Waals surface area contributed by atoms with E-state index in [0.717, 1.165) is 18.1 Å². The summed E-state index contributed by atoms with van der Waals surface area (Å²) in [6, 6.07) is 19.3. The first-order valence-corrected chi connectivity index (χ1v) is 12.4. The Bertz CT molecular complexity index is 1530. The average molecular weight is 553 g/mol. The highest BCUT2D eigenvalue weighted by Gasteiger charge is 2.04. The third-order valence-corrected chi connectivity index (χ3v) is 5.29. The molecule has 0 spiro atoms. The maximum atomic E-state index is 14.8. The van der Waals surface area contributed by atoms with Gasteiger partial charge in [0.25, 0.3) is 0 Å². The lowest BCUT2D eigenvalue weighted by molar-refractivity contribution is -0.134. The Kier molecular flexibility index (Phi) is 11.2. The minimum atomic E-state index is -0.551. The Morgan fingerprint density at radius 1 is 0.659 bits per heavy atom. The van der Waals surface area contributed by atoms with Crippen LogP contribution in [0.2, 0.25) is 0 Å². The monoisotopic (exact) mass is 552 g/mol. The standard InChI is InChI=1S/C34H29FO6/c1-24(2)33(36)40-21-19-38-30-17-12-26(13-18-30)9-10-27-11-14-28(31(35)23-27)15-16-29-7-5-6-8-32(29)39-20-22-41-34(37)25(3)4/h5-23H,1,3H2,2,4H3. The second-order valence-electron chi connectivity index (χ2n) is 8.71. The van der Waals surface area contributed by atoms with Crippen LogP contribution in [-0.4, -0.2) is 11.9 Å². The molecule has 0 aliphatic heterocycles. The lowest BCUT2D eigenvalue weighted by atomic mass is 10.1. The van der Waals surface area contributed by atoms with Gasteiger partial charge in [0, 0.05) is 22.3 Å². The third kappa shape index (κ3) is 10.00. The van der Waals surface area contributed by atoms with Crippen molar-refractivity contribution in [1.82, 2.24) is 0 Å². The summed E-state index contributed by atoms with van der Waals surface area (Å²) in [4.78, 5) is 22.8. The molecule has 3 aromatic rings. The summed E-state index contributed by atoms with van der Waals surface area (Å²) in [5, 5.41) is 0. The van der Waals surface area contributed by atoms with Crippen LogP contribution < -0.4 is 9.47 Å². The van der Waals surface area contributed by atoms with E-state index in [2.05, 4.69) is 13.2 Å². The average Bonchev–Trinajstić information content (AvgIpc) is 2.96. The van der Waals surface area contributed by atoms with Crippen molar-refractivity contribution in [2.24, 2.45) is 0 Å². The van der Waals surface area contributed by atoms with Crippen molar-refractivity contribution in [3.8, 4) is 11.5 Å². The zero-order valence-electron chi connectivity index (χ0n) is 22.7. The van der Waals surface area contributed by atoms with E-state index in [4.69, 9.17) is 18.9 Å². The number of halogens is 1. The van der Waals surface area contributed by atoms with Gasteiger partial charge in [-0.1, -0.05) is 79.9 Å². The minimum absolute atomic E-state index is 0.275. The molecule has 0 bridgehead atoms. The van der Waals surface area contributed by atoms with Gasteiger partial charge < -0.3 is 18.9 Å². The molecular formula is C34H29FO6. The van der Waals surface area contributed by atoms with Gasteiger partial charge in [-0.25, -0.2) is 14.0 Å². The molecule has 0 atom stereocenters. The van der Waals surface area contributed by atoms with Crippen molar-refractivity contribution in [1.29, 1.82) is 0 Å². The van der Waals surface area contributed by atoms with Crippen LogP contribution in [0.3, 0.4) is 0 Å². The number of carbonyl (C=O) groups is 2. The molecular weight excluding hydrogens is 523 g/mol. The Labute approximate surface area is 238 Å². The number of hydrogen-bond acceptors (Lipinski definition) is 6. The number of benzene rings is 3. The molecule has 0 saturated heterocycles. The smallest absolute Gasteiger partial charge is 0.338 e. The van der Waals surface area contributed by atoms with Crippen molar-refractivity contribution in [2.75, 3.05) is 0 Å². The minimum Gasteiger partial charge on any atom is -0.462 e. The van der Waals surface area contributed by atoms with E-state index in [0.29, 0.717) is 33.8 Å². The number of esters is 2. The Morgan fingerprint density at radius 3 is 1.85 bits per heavy atom. The number of hydrogen-bond donors (Lipinski definition) is 0. The molecule has 3 rings (SSSR count). The molecule has 6 nitrogen and oxygen atoms in total. The summed E-state index contributed by atoms with van der Waals surface area (Å²) < 4.78 is 35.4. The Morgan fingerprint density at radius 2 is 1.22 bits per heavy atom. The van der Waals surface area contributed by atoms with Gasteiger partial charge in [-0.05, 0) is 49.2 Å². The molecule has 3 aromatic carbocycles. The summed E-state index contributed by atoms with van der Waals surface area (Å²) in [6.07, 6.45) is 11.8. The predicted octanol–water partition coefficient (Wildman–Crippen LogP) is 8.11. The van der Waals surface area contributed by atoms with Crippen LogP contribution in [0.15, 0.2) is 116 Å². The van der Waals surface area contributed by atoms with E-state index in [-0.39, 0.29) is 11.4 Å². The first kappa shape index (κ1) is 30.1. The molecule has 208 valence electrons. The van der Waals surface area contributed by atoms with Crippen molar-refractivity contribution in [3.63, 3.8) is 0 Å². The van der Waals surface area contributed by atoms with Gasteiger partial charge in [0.2, 0.25) is 0 Å². The lowest BCUT2D eigenvalue weighted by Crippen LogP contribution is -1.99. The molecule has 0 heterocycles. The Hall–Kier alpha value is -5.43. The van der Waals surface area contributed by atoms with Crippen LogP contribution in [-0.2, 0) is 19.1 Å². The molecule has 0 saturated carbocycles. The predicted molar refractivity (Wildman–Crippen MR) is 158 cm³/mol. The maximum Gasteiger partial charge on any atom is 0.338 e. The highest BCUT2D eigenvalue weighted by Crippen LogP contribution is 2.23. The van der Waals surface area contributed by atoms with Crippen molar-refractivity contribution in [2.45, 2.75) is 13.8 Å². The van der Waals surface area contributed by atoms with Crippen LogP contribution in [0.4, 0.5) is 4.39 Å². The topological polar surface area (TPSA) is 71.1 Å². The quantitative estimate of drug-likeness (QED) is 0.0978. The lowest BCUT2D eigenvalue weighted by Gasteiger charge is -2.05. The molecule has 7 heteroatoms. The first-order valence-electron chi connectivity index (χ1n) is 12.4. The fourth-order valence-corrected chi connectivity index (χ4v) is 3.13. The fourth-order valence-electron chi connectivity index (χ4n) is 3.13. The highest BCUT2D eigenvalue weighted by atomic mass is 19.1. The molecule has 0 aromatic heterocycles. The molecule has 0 aliphatic carbocycles. The van der Waals surface area contributed by atoms with E-state index in [1.54, 1.807) is 62.4 Å². The van der Waals surface area contributed by atoms with Crippen LogP contribution in [0.5, 0.6) is 11.5 Å². The van der Waals surface area contributed by atoms with Gasteiger partial charge in [-0.3, -0.25) is 0 Å². The van der Waals surface area contributed by atoms with E-state index in [1.807, 2.05) is 36.4 Å². The SMILES string of the molecule is C=C(C)C(=O)OC=COc1ccc(C=Cc2ccc(C=Cc3ccccc3OC=COC(=O)C(=C)C)c(F)c2)cc1. The van der Waals surface area contributed by atoms with Crippen LogP contribution in [0.25, 0.3) is 24.3 Å². The third-order valence-electron chi connectivity index (χ3n) is 5.29. The van der Waals surface area contributed by atoms with Crippen LogP contribution in [0.1, 0.15) is 36.1 Å². The summed E-state index contributed by atoms with van der Waals surface area (Å²) in [6.45, 7) is 10.1. The number of rotatable bonds is 12. The zero-order chi connectivity index (χ0) is 29.6. The molecule has 0 aliphatic rings. The van der Waals surface area contributed by atoms with Gasteiger partial charge in [0.1, 0.15) is 42.4 Å². The molecule has 0 amide bonds. The van der Waals surface area contributed by atoms with E-state index >= 15 is 0 Å². The van der Waals surface area contributed by atoms with E-state index < -0.39 is 11.9 Å². The number of para-hydroxylation sites is 1. The van der Waals surface area contributed by atoms with Gasteiger partial charge in [-0.15, -0.1) is 0 Å². The van der Waals surface area contributed by atoms with E-state index in [9.17, 15) is 14.0 Å². The van der Waals surface area contributed by atoms with Crippen molar-refractivity contribution >= 4 is 36.2 Å². The van der Waals surface area contributed by atoms with Crippen molar-refractivity contribution in [3.05, 3.63) is 144 Å². The van der Waals surface area contributed by atoms with Gasteiger partial charge >= 0.3 is 11.9 Å². The highest BCUT2D eigenvalue weighted by molar-refractivity contribution is 5.87. The number of ether oxygens (including phenoxy) is 4. The second-order valence-corrected chi connectivity index (χ2v) is 8.71. The molecule has 0 N–H and O–H groups in total. The zero-order valence-corrected chi connectivity index (χ0v) is 22.7. The van der Waals surface area contributed by atoms with Crippen molar-refractivity contribution < 1.29 is 32.9 Å². The summed E-state index contributed by atoms with van der Waals surface area (Å²) >= 11 is 0. The molecule has 0 fully saturated rings. The van der Waals surface area contributed by atoms with Crippen LogP contribution in [0, 0.1) is 5.82 Å². The molecule has 41 heavy (non-hydrogen) atoms. The summed E-state index contributed by atoms with van der Waals surface area (Å²) in [5.74, 6) is -0.400. The fraction of sp³-hybridized carbons (Fsp3) is 0.0588. The van der Waals surface area contributed by atoms with E-state index in [1.165, 1.54) is 18.6 Å². The van der Waals surface area contributed by atoms with Gasteiger partial charge in [0.05, 0.1) is 0 Å². The first-order chi connectivity index (χ1) is 19.7. The van der Waals surface area contributed by atoms with Gasteiger partial charge in [0.15, 0.2) is 0 Å². The molecule has 0 radical (unpaired) electrons. The summed E-state index contributed by atoms with van der Waals surface area (Å²) in [7, 11) is 0. The van der Waals surface area contributed by atoms with Gasteiger partial charge in [-0.2, -0.15) is 0 Å². The normalized spacial score (nSPS) is 11.3. The summed E-state index contributed by atoms with van der Waals surface area (Å²) in [5.41, 5.74) is 3.27. The Balaban J connectivity index is 1.59.